The zero-order chi connectivity index (χ0) is 14.7. The Morgan fingerprint density at radius 1 is 1.45 bits per heavy atom. The van der Waals surface area contributed by atoms with Crippen LogP contribution in [0.15, 0.2) is 0 Å². The van der Waals surface area contributed by atoms with Gasteiger partial charge in [0, 0.05) is 23.5 Å². The molecule has 1 saturated heterocycles. The summed E-state index contributed by atoms with van der Waals surface area (Å²) in [6.45, 7) is 10.4. The van der Waals surface area contributed by atoms with Gasteiger partial charge in [0.2, 0.25) is 0 Å². The highest BCUT2D eigenvalue weighted by atomic mass is 32.1. The molecule has 1 aliphatic rings. The number of carbonyl (C=O) groups excluding carboxylic acids is 1. The highest BCUT2D eigenvalue weighted by Crippen LogP contribution is 2.21. The Morgan fingerprint density at radius 3 is 2.80 bits per heavy atom. The second-order valence-corrected chi connectivity index (χ2v) is 6.89. The number of hydrogen-bond donors (Lipinski definition) is 2. The zero-order valence-corrected chi connectivity index (χ0v) is 13.5. The molecule has 112 valence electrons. The Morgan fingerprint density at radius 2 is 2.20 bits per heavy atom. The summed E-state index contributed by atoms with van der Waals surface area (Å²) in [6.07, 6.45) is 2.19. The topological polar surface area (TPSA) is 57.3 Å². The van der Waals surface area contributed by atoms with Gasteiger partial charge in [-0.25, -0.2) is 9.78 Å². The van der Waals surface area contributed by atoms with E-state index in [1.54, 1.807) is 0 Å². The molecule has 0 spiro atoms. The average Bonchev–Trinajstić information content (AvgIpc) is 2.68. The first kappa shape index (κ1) is 15.3. The maximum absolute atomic E-state index is 12.0. The highest BCUT2D eigenvalue weighted by molar-refractivity contribution is 7.15. The number of nitrogens with zero attached hydrogens (tertiary/aromatic N) is 2. The number of carbonyl (C=O) groups is 1. The van der Waals surface area contributed by atoms with Crippen LogP contribution in [0.25, 0.3) is 0 Å². The maximum atomic E-state index is 12.0. The van der Waals surface area contributed by atoms with Gasteiger partial charge in [-0.3, -0.25) is 10.2 Å². The van der Waals surface area contributed by atoms with Crippen LogP contribution in [0.1, 0.15) is 37.3 Å². The zero-order valence-electron chi connectivity index (χ0n) is 12.7. The van der Waals surface area contributed by atoms with Crippen LogP contribution in [0, 0.1) is 13.8 Å². The minimum atomic E-state index is -0.144. The Hall–Kier alpha value is -1.14. The molecule has 1 aromatic rings. The van der Waals surface area contributed by atoms with Crippen molar-refractivity contribution in [1.29, 1.82) is 0 Å². The molecule has 6 heteroatoms. The van der Waals surface area contributed by atoms with E-state index in [0.29, 0.717) is 11.2 Å². The number of thiazole rings is 1. The lowest BCUT2D eigenvalue weighted by Gasteiger charge is -2.35. The van der Waals surface area contributed by atoms with Crippen LogP contribution in [-0.2, 0) is 0 Å². The molecule has 1 unspecified atom stereocenters. The molecule has 2 N–H and O–H groups in total. The number of amides is 2. The molecule has 0 aromatic carbocycles. The molecule has 2 amide bonds. The molecule has 0 radical (unpaired) electrons. The summed E-state index contributed by atoms with van der Waals surface area (Å²) < 4.78 is 0. The third-order valence-electron chi connectivity index (χ3n) is 3.77. The van der Waals surface area contributed by atoms with E-state index in [0.717, 1.165) is 36.5 Å². The first-order valence-electron chi connectivity index (χ1n) is 7.21. The van der Waals surface area contributed by atoms with Gasteiger partial charge in [0.1, 0.15) is 0 Å². The summed E-state index contributed by atoms with van der Waals surface area (Å²) in [5.74, 6) is 0. The standard InChI is InChI=1S/C14H24N4OS/c1-9(2)18-7-5-6-12(8-18)16-13(19)17-14-15-10(3)11(4)20-14/h9,12H,5-8H2,1-4H3,(H2,15,16,17,19). The first-order valence-corrected chi connectivity index (χ1v) is 8.03. The van der Waals surface area contributed by atoms with Crippen molar-refractivity contribution in [1.82, 2.24) is 15.2 Å². The van der Waals surface area contributed by atoms with Crippen LogP contribution in [0.5, 0.6) is 0 Å². The van der Waals surface area contributed by atoms with E-state index in [1.807, 2.05) is 13.8 Å². The Kier molecular flexibility index (Phi) is 4.99. The summed E-state index contributed by atoms with van der Waals surface area (Å²) in [7, 11) is 0. The summed E-state index contributed by atoms with van der Waals surface area (Å²) in [4.78, 5) is 19.9. The van der Waals surface area contributed by atoms with Crippen molar-refractivity contribution in [3.63, 3.8) is 0 Å². The minimum absolute atomic E-state index is 0.144. The van der Waals surface area contributed by atoms with Crippen LogP contribution in [0.2, 0.25) is 0 Å². The number of rotatable bonds is 3. The normalized spacial score (nSPS) is 20.1. The van der Waals surface area contributed by atoms with Crippen molar-refractivity contribution >= 4 is 22.5 Å². The van der Waals surface area contributed by atoms with E-state index >= 15 is 0 Å². The van der Waals surface area contributed by atoms with Crippen molar-refractivity contribution in [2.45, 2.75) is 52.6 Å². The van der Waals surface area contributed by atoms with Gasteiger partial charge >= 0.3 is 6.03 Å². The molecular weight excluding hydrogens is 272 g/mol. The lowest BCUT2D eigenvalue weighted by molar-refractivity contribution is 0.156. The van der Waals surface area contributed by atoms with E-state index in [1.165, 1.54) is 11.3 Å². The van der Waals surface area contributed by atoms with Crippen LogP contribution in [0.4, 0.5) is 9.93 Å². The van der Waals surface area contributed by atoms with E-state index in [2.05, 4.69) is 34.4 Å². The third-order valence-corrected chi connectivity index (χ3v) is 4.76. The fraction of sp³-hybridized carbons (Fsp3) is 0.714. The maximum Gasteiger partial charge on any atom is 0.321 e. The van der Waals surface area contributed by atoms with Gasteiger partial charge in [0.15, 0.2) is 5.13 Å². The number of likely N-dealkylation sites (tertiary alicyclic amines) is 1. The van der Waals surface area contributed by atoms with Crippen LogP contribution in [0.3, 0.4) is 0 Å². The molecule has 20 heavy (non-hydrogen) atoms. The molecule has 1 aromatic heterocycles. The lowest BCUT2D eigenvalue weighted by Crippen LogP contribution is -2.50. The molecule has 1 atom stereocenters. The van der Waals surface area contributed by atoms with Crippen molar-refractivity contribution in [2.75, 3.05) is 18.4 Å². The average molecular weight is 296 g/mol. The summed E-state index contributed by atoms with van der Waals surface area (Å²) in [5.41, 5.74) is 0.981. The van der Waals surface area contributed by atoms with E-state index < -0.39 is 0 Å². The smallest absolute Gasteiger partial charge is 0.321 e. The summed E-state index contributed by atoms with van der Waals surface area (Å²) in [5, 5.41) is 6.56. The Bertz CT molecular complexity index is 452. The Labute approximate surface area is 124 Å². The predicted octanol–water partition coefficient (Wildman–Crippen LogP) is 2.75. The molecule has 5 nitrogen and oxygen atoms in total. The van der Waals surface area contributed by atoms with E-state index in [-0.39, 0.29) is 12.1 Å². The van der Waals surface area contributed by atoms with Gasteiger partial charge in [-0.1, -0.05) is 0 Å². The number of aryl methyl sites for hydroxylation is 2. The second kappa shape index (κ2) is 6.54. The summed E-state index contributed by atoms with van der Waals surface area (Å²) >= 11 is 1.52. The number of aromatic nitrogens is 1. The monoisotopic (exact) mass is 296 g/mol. The van der Waals surface area contributed by atoms with Crippen LogP contribution >= 0.6 is 11.3 Å². The molecule has 0 saturated carbocycles. The highest BCUT2D eigenvalue weighted by Gasteiger charge is 2.23. The van der Waals surface area contributed by atoms with E-state index in [4.69, 9.17) is 0 Å². The van der Waals surface area contributed by atoms with Gasteiger partial charge in [-0.05, 0) is 47.1 Å². The van der Waals surface area contributed by atoms with Gasteiger partial charge in [-0.15, -0.1) is 11.3 Å². The number of anilines is 1. The van der Waals surface area contributed by atoms with Crippen LogP contribution in [-0.4, -0.2) is 41.1 Å². The lowest BCUT2D eigenvalue weighted by atomic mass is 10.0. The number of nitrogens with one attached hydrogen (secondary N) is 2. The van der Waals surface area contributed by atoms with Crippen molar-refractivity contribution in [3.05, 3.63) is 10.6 Å². The number of urea groups is 1. The second-order valence-electron chi connectivity index (χ2n) is 5.69. The SMILES string of the molecule is Cc1nc(NC(=O)NC2CCCN(C(C)C)C2)sc1C. The molecule has 1 aliphatic heterocycles. The van der Waals surface area contributed by atoms with Crippen molar-refractivity contribution in [3.8, 4) is 0 Å². The van der Waals surface area contributed by atoms with Gasteiger partial charge in [0.05, 0.1) is 5.69 Å². The summed E-state index contributed by atoms with van der Waals surface area (Å²) in [6, 6.07) is 0.620. The fourth-order valence-electron chi connectivity index (χ4n) is 2.44. The van der Waals surface area contributed by atoms with Gasteiger partial charge in [-0.2, -0.15) is 0 Å². The van der Waals surface area contributed by atoms with Gasteiger partial charge < -0.3 is 5.32 Å². The first-order chi connectivity index (χ1) is 9.45. The minimum Gasteiger partial charge on any atom is -0.334 e. The number of piperidine rings is 1. The molecule has 0 aliphatic carbocycles. The fourth-order valence-corrected chi connectivity index (χ4v) is 3.25. The molecule has 2 rings (SSSR count). The van der Waals surface area contributed by atoms with Crippen molar-refractivity contribution < 1.29 is 4.79 Å². The Balaban J connectivity index is 1.85. The molecule has 2 heterocycles. The number of hydrogen-bond acceptors (Lipinski definition) is 4. The van der Waals surface area contributed by atoms with Gasteiger partial charge in [0.25, 0.3) is 0 Å². The molecule has 0 bridgehead atoms. The van der Waals surface area contributed by atoms with Crippen molar-refractivity contribution in [2.24, 2.45) is 0 Å². The largest absolute Gasteiger partial charge is 0.334 e. The van der Waals surface area contributed by atoms with E-state index in [9.17, 15) is 4.79 Å². The quantitative estimate of drug-likeness (QED) is 0.901. The predicted molar refractivity (Wildman–Crippen MR) is 83.5 cm³/mol. The molecule has 1 fully saturated rings. The van der Waals surface area contributed by atoms with Crippen LogP contribution < -0.4 is 10.6 Å². The third kappa shape index (κ3) is 3.93. The molecular formula is C14H24N4OS.